The first kappa shape index (κ1) is 20.9. The highest BCUT2D eigenvalue weighted by Crippen LogP contribution is 2.44. The van der Waals surface area contributed by atoms with Crippen molar-refractivity contribution in [2.45, 2.75) is 43.6 Å². The molecule has 2 N–H and O–H groups in total. The van der Waals surface area contributed by atoms with Crippen LogP contribution in [0, 0.1) is 0 Å². The largest absolute Gasteiger partial charge is 0.493 e. The normalized spacial score (nSPS) is 23.3. The van der Waals surface area contributed by atoms with Crippen molar-refractivity contribution in [3.8, 4) is 11.5 Å². The Morgan fingerprint density at radius 2 is 1.97 bits per heavy atom. The van der Waals surface area contributed by atoms with Crippen LogP contribution in [0.15, 0.2) is 23.0 Å². The molecule has 3 heterocycles. The molecule has 2 aromatic rings. The molecule has 0 bridgehead atoms. The van der Waals surface area contributed by atoms with Crippen LogP contribution in [0.4, 0.5) is 5.82 Å². The molecule has 4 rings (SSSR count). The van der Waals surface area contributed by atoms with Crippen LogP contribution in [0.1, 0.15) is 49.1 Å². The molecule has 2 unspecified atom stereocenters. The van der Waals surface area contributed by atoms with Crippen LogP contribution >= 0.6 is 11.8 Å². The van der Waals surface area contributed by atoms with Crippen molar-refractivity contribution in [1.29, 1.82) is 0 Å². The van der Waals surface area contributed by atoms with E-state index in [1.54, 1.807) is 14.2 Å². The van der Waals surface area contributed by atoms with Gasteiger partial charge in [-0.2, -0.15) is 0 Å². The van der Waals surface area contributed by atoms with E-state index in [1.807, 2.05) is 36.7 Å². The summed E-state index contributed by atoms with van der Waals surface area (Å²) in [5.41, 5.74) is 0.959. The number of hydrogen-bond acceptors (Lipinski definition) is 6. The Kier molecular flexibility index (Phi) is 5.59. The second kappa shape index (κ2) is 8.03. The lowest BCUT2D eigenvalue weighted by molar-refractivity contribution is -0.113. The van der Waals surface area contributed by atoms with Gasteiger partial charge in [0.1, 0.15) is 5.82 Å². The van der Waals surface area contributed by atoms with Gasteiger partial charge in [0.2, 0.25) is 5.91 Å². The third kappa shape index (κ3) is 3.83. The predicted molar refractivity (Wildman–Crippen MR) is 116 cm³/mol. The van der Waals surface area contributed by atoms with E-state index in [0.29, 0.717) is 29.5 Å². The van der Waals surface area contributed by atoms with Crippen LogP contribution in [0.25, 0.3) is 0 Å². The number of amides is 1. The lowest BCUT2D eigenvalue weighted by atomic mass is 9.94. The van der Waals surface area contributed by atoms with Crippen LogP contribution in [-0.2, 0) is 9.53 Å². The highest BCUT2D eigenvalue weighted by atomic mass is 32.2. The van der Waals surface area contributed by atoms with Gasteiger partial charge in [0.15, 0.2) is 11.5 Å². The number of nitrogens with zero attached hydrogens (tertiary/aromatic N) is 1. The van der Waals surface area contributed by atoms with Crippen molar-refractivity contribution in [1.82, 2.24) is 9.78 Å². The number of methoxy groups -OCH3 is 2. The molecule has 1 fully saturated rings. The summed E-state index contributed by atoms with van der Waals surface area (Å²) in [7, 11) is 3.16. The predicted octanol–water partition coefficient (Wildman–Crippen LogP) is 3.10. The Bertz CT molecular complexity index is 1010. The summed E-state index contributed by atoms with van der Waals surface area (Å²) in [4.78, 5) is 25.6. The van der Waals surface area contributed by atoms with Crippen molar-refractivity contribution >= 4 is 23.5 Å². The van der Waals surface area contributed by atoms with Gasteiger partial charge >= 0.3 is 0 Å². The lowest BCUT2D eigenvalue weighted by Gasteiger charge is -2.36. The monoisotopic (exact) mass is 433 g/mol. The molecule has 0 aliphatic carbocycles. The van der Waals surface area contributed by atoms with Crippen LogP contribution in [-0.4, -0.2) is 47.9 Å². The van der Waals surface area contributed by atoms with Gasteiger partial charge in [-0.25, -0.2) is 0 Å². The van der Waals surface area contributed by atoms with Gasteiger partial charge < -0.3 is 19.5 Å². The molecular formula is C21H27N3O5S. The molecule has 8 nitrogen and oxygen atoms in total. The molecule has 9 heteroatoms. The zero-order valence-corrected chi connectivity index (χ0v) is 18.4. The fourth-order valence-corrected chi connectivity index (χ4v) is 5.33. The summed E-state index contributed by atoms with van der Waals surface area (Å²) in [5, 5.41) is 5.64. The molecule has 1 aromatic carbocycles. The number of benzene rings is 1. The number of thioether (sulfide) groups is 1. The Morgan fingerprint density at radius 3 is 2.67 bits per heavy atom. The van der Waals surface area contributed by atoms with E-state index in [9.17, 15) is 9.59 Å². The number of nitrogens with one attached hydrogen (secondary N) is 2. The van der Waals surface area contributed by atoms with Crippen LogP contribution < -0.4 is 20.3 Å². The maximum Gasteiger partial charge on any atom is 0.270 e. The highest BCUT2D eigenvalue weighted by molar-refractivity contribution is 8.00. The number of aromatic amines is 1. The first-order valence-electron chi connectivity index (χ1n) is 9.94. The van der Waals surface area contributed by atoms with Gasteiger partial charge in [0.25, 0.3) is 5.56 Å². The van der Waals surface area contributed by atoms with Crippen molar-refractivity contribution in [2.75, 3.05) is 31.9 Å². The minimum absolute atomic E-state index is 0.0413. The number of ether oxygens (including phenoxy) is 3. The third-order valence-electron chi connectivity index (χ3n) is 5.61. The van der Waals surface area contributed by atoms with Gasteiger partial charge in [-0.3, -0.25) is 19.4 Å². The van der Waals surface area contributed by atoms with Crippen molar-refractivity contribution in [3.05, 3.63) is 39.7 Å². The van der Waals surface area contributed by atoms with E-state index in [1.165, 1.54) is 11.8 Å². The Morgan fingerprint density at radius 1 is 1.20 bits per heavy atom. The number of H-pyrrole nitrogens is 1. The van der Waals surface area contributed by atoms with Crippen molar-refractivity contribution in [2.24, 2.45) is 0 Å². The number of carbonyl (C=O) groups excluding carboxylic acids is 1. The van der Waals surface area contributed by atoms with E-state index in [4.69, 9.17) is 14.2 Å². The Hall–Kier alpha value is -2.39. The number of fused-ring (bicyclic) bond motifs is 1. The summed E-state index contributed by atoms with van der Waals surface area (Å²) < 4.78 is 18.4. The van der Waals surface area contributed by atoms with Gasteiger partial charge in [-0.1, -0.05) is 6.07 Å². The van der Waals surface area contributed by atoms with Crippen LogP contribution in [0.5, 0.6) is 11.5 Å². The second-order valence-corrected chi connectivity index (χ2v) is 9.28. The quantitative estimate of drug-likeness (QED) is 0.770. The smallest absolute Gasteiger partial charge is 0.270 e. The summed E-state index contributed by atoms with van der Waals surface area (Å²) in [5.74, 6) is 1.89. The average molecular weight is 434 g/mol. The molecule has 2 aliphatic heterocycles. The van der Waals surface area contributed by atoms with E-state index >= 15 is 0 Å². The number of rotatable bonds is 4. The minimum Gasteiger partial charge on any atom is -0.493 e. The maximum absolute atomic E-state index is 13.1. The first-order chi connectivity index (χ1) is 14.3. The summed E-state index contributed by atoms with van der Waals surface area (Å²) in [6, 6.07) is 5.64. The molecule has 2 atom stereocenters. The minimum atomic E-state index is -0.309. The first-order valence-corrected chi connectivity index (χ1v) is 11.0. The number of carbonyl (C=O) groups is 1. The van der Waals surface area contributed by atoms with Crippen molar-refractivity contribution in [3.63, 3.8) is 0 Å². The van der Waals surface area contributed by atoms with Crippen LogP contribution in [0.2, 0.25) is 0 Å². The van der Waals surface area contributed by atoms with Crippen molar-refractivity contribution < 1.29 is 19.0 Å². The van der Waals surface area contributed by atoms with E-state index in [-0.39, 0.29) is 34.1 Å². The molecule has 162 valence electrons. The second-order valence-electron chi connectivity index (χ2n) is 8.18. The molecule has 0 spiro atoms. The number of hydrogen-bond donors (Lipinski definition) is 2. The van der Waals surface area contributed by atoms with E-state index in [0.717, 1.165) is 18.4 Å². The Labute approximate surface area is 179 Å². The summed E-state index contributed by atoms with van der Waals surface area (Å²) in [6.45, 7) is 4.69. The SMILES string of the molecule is COc1ccc(C2SCC(=O)Nc3c2c(=O)[nH]n3C2CCOC(C)(C)C2)cc1OC. The molecule has 1 amide bonds. The molecule has 0 radical (unpaired) electrons. The lowest BCUT2D eigenvalue weighted by Crippen LogP contribution is -2.36. The zero-order valence-electron chi connectivity index (χ0n) is 17.6. The number of aromatic nitrogens is 2. The topological polar surface area (TPSA) is 94.6 Å². The molecule has 1 saturated heterocycles. The van der Waals surface area contributed by atoms with Gasteiger partial charge in [0.05, 0.1) is 42.4 Å². The van der Waals surface area contributed by atoms with E-state index in [2.05, 4.69) is 10.4 Å². The van der Waals surface area contributed by atoms with E-state index < -0.39 is 0 Å². The molecule has 30 heavy (non-hydrogen) atoms. The maximum atomic E-state index is 13.1. The highest BCUT2D eigenvalue weighted by Gasteiger charge is 2.36. The zero-order chi connectivity index (χ0) is 21.5. The molecule has 1 aromatic heterocycles. The molecule has 0 saturated carbocycles. The molecular weight excluding hydrogens is 406 g/mol. The number of anilines is 1. The van der Waals surface area contributed by atoms with Crippen LogP contribution in [0.3, 0.4) is 0 Å². The fourth-order valence-electron chi connectivity index (χ4n) is 4.22. The third-order valence-corrected chi connectivity index (χ3v) is 6.88. The standard InChI is InChI=1S/C21H27N3O5S/c1-21(2)10-13(7-8-29-21)24-19-17(20(26)23-24)18(30-11-16(25)22-19)12-5-6-14(27-3)15(9-12)28-4/h5-6,9,13,18H,7-8,10-11H2,1-4H3,(H,22,25)(H,23,26). The van der Waals surface area contributed by atoms with Gasteiger partial charge in [0, 0.05) is 6.61 Å². The Balaban J connectivity index is 1.80. The summed E-state index contributed by atoms with van der Waals surface area (Å²) in [6.07, 6.45) is 1.51. The van der Waals surface area contributed by atoms with Gasteiger partial charge in [-0.15, -0.1) is 11.8 Å². The fraction of sp³-hybridized carbons (Fsp3) is 0.524. The molecule has 2 aliphatic rings. The van der Waals surface area contributed by atoms with Gasteiger partial charge in [-0.05, 0) is 44.4 Å². The summed E-state index contributed by atoms with van der Waals surface area (Å²) >= 11 is 1.43. The average Bonchev–Trinajstić information content (AvgIpc) is 2.92.